The molecule has 0 aliphatic rings. The van der Waals surface area contributed by atoms with Crippen molar-refractivity contribution in [2.75, 3.05) is 12.4 Å². The van der Waals surface area contributed by atoms with Crippen molar-refractivity contribution in [1.29, 1.82) is 0 Å². The molecular formula is C20H18F2N4O. The molecule has 0 saturated heterocycles. The molecule has 1 heterocycles. The molecule has 0 spiro atoms. The Hall–Kier alpha value is -3.35. The minimum atomic E-state index is -0.968. The number of aromatic nitrogens is 2. The number of benzene rings is 2. The van der Waals surface area contributed by atoms with Gasteiger partial charge in [0.2, 0.25) is 0 Å². The van der Waals surface area contributed by atoms with Crippen molar-refractivity contribution in [3.63, 3.8) is 0 Å². The molecule has 0 aliphatic heterocycles. The molecule has 0 bridgehead atoms. The van der Waals surface area contributed by atoms with Crippen LogP contribution in [0.2, 0.25) is 0 Å². The average Bonchev–Trinajstić information content (AvgIpc) is 2.64. The molecule has 138 valence electrons. The normalized spacial score (nSPS) is 10.5. The van der Waals surface area contributed by atoms with Crippen LogP contribution in [0.15, 0.2) is 54.6 Å². The van der Waals surface area contributed by atoms with Crippen LogP contribution < -0.4 is 5.32 Å². The second-order valence-electron chi connectivity index (χ2n) is 6.09. The first-order chi connectivity index (χ1) is 12.9. The molecule has 2 aromatic carbocycles. The van der Waals surface area contributed by atoms with E-state index in [0.29, 0.717) is 23.9 Å². The molecule has 27 heavy (non-hydrogen) atoms. The van der Waals surface area contributed by atoms with Gasteiger partial charge in [-0.05, 0) is 24.6 Å². The first-order valence-corrected chi connectivity index (χ1v) is 8.29. The second kappa shape index (κ2) is 7.90. The van der Waals surface area contributed by atoms with E-state index in [1.54, 1.807) is 18.9 Å². The van der Waals surface area contributed by atoms with Crippen LogP contribution in [-0.4, -0.2) is 27.8 Å². The van der Waals surface area contributed by atoms with Crippen LogP contribution in [0.1, 0.15) is 21.9 Å². The number of hydrogen-bond donors (Lipinski definition) is 1. The van der Waals surface area contributed by atoms with E-state index in [0.717, 1.165) is 17.7 Å². The van der Waals surface area contributed by atoms with Crippen LogP contribution in [0.3, 0.4) is 0 Å². The van der Waals surface area contributed by atoms with Gasteiger partial charge in [-0.3, -0.25) is 4.79 Å². The van der Waals surface area contributed by atoms with E-state index >= 15 is 0 Å². The third kappa shape index (κ3) is 4.63. The minimum Gasteiger partial charge on any atom is -0.340 e. The van der Waals surface area contributed by atoms with E-state index in [2.05, 4.69) is 15.3 Å². The lowest BCUT2D eigenvalue weighted by Crippen LogP contribution is -2.27. The Bertz CT molecular complexity index is 963. The van der Waals surface area contributed by atoms with Crippen LogP contribution in [0.25, 0.3) is 0 Å². The van der Waals surface area contributed by atoms with E-state index in [1.807, 2.05) is 30.3 Å². The maximum atomic E-state index is 13.4. The third-order valence-corrected chi connectivity index (χ3v) is 3.86. The van der Waals surface area contributed by atoms with Gasteiger partial charge in [-0.15, -0.1) is 0 Å². The van der Waals surface area contributed by atoms with Gasteiger partial charge in [0.1, 0.15) is 17.3 Å². The quantitative estimate of drug-likeness (QED) is 0.737. The van der Waals surface area contributed by atoms with Crippen LogP contribution in [0.5, 0.6) is 0 Å². The molecule has 7 heteroatoms. The highest BCUT2D eigenvalue weighted by Gasteiger charge is 2.16. The van der Waals surface area contributed by atoms with E-state index < -0.39 is 11.6 Å². The van der Waals surface area contributed by atoms with Gasteiger partial charge in [0.25, 0.3) is 5.91 Å². The van der Waals surface area contributed by atoms with E-state index in [9.17, 15) is 13.6 Å². The molecule has 0 aliphatic carbocycles. The summed E-state index contributed by atoms with van der Waals surface area (Å²) in [6, 6.07) is 14.5. The highest BCUT2D eigenvalue weighted by Crippen LogP contribution is 2.19. The lowest BCUT2D eigenvalue weighted by Gasteiger charge is -2.17. The van der Waals surface area contributed by atoms with Gasteiger partial charge in [-0.2, -0.15) is 0 Å². The van der Waals surface area contributed by atoms with Crippen molar-refractivity contribution in [1.82, 2.24) is 14.9 Å². The van der Waals surface area contributed by atoms with E-state index in [1.165, 1.54) is 12.1 Å². The lowest BCUT2D eigenvalue weighted by molar-refractivity contribution is 0.0779. The number of hydrogen-bond acceptors (Lipinski definition) is 4. The zero-order valence-electron chi connectivity index (χ0n) is 14.9. The second-order valence-corrected chi connectivity index (χ2v) is 6.09. The predicted octanol–water partition coefficient (Wildman–Crippen LogP) is 4.08. The average molecular weight is 368 g/mol. The Morgan fingerprint density at radius 3 is 2.48 bits per heavy atom. The first kappa shape index (κ1) is 18.4. The van der Waals surface area contributed by atoms with Crippen molar-refractivity contribution < 1.29 is 13.6 Å². The maximum Gasteiger partial charge on any atom is 0.272 e. The van der Waals surface area contributed by atoms with Crippen molar-refractivity contribution in [2.45, 2.75) is 13.5 Å². The summed E-state index contributed by atoms with van der Waals surface area (Å²) >= 11 is 0. The predicted molar refractivity (Wildman–Crippen MR) is 98.6 cm³/mol. The van der Waals surface area contributed by atoms with Gasteiger partial charge < -0.3 is 10.2 Å². The largest absolute Gasteiger partial charge is 0.340 e. The summed E-state index contributed by atoms with van der Waals surface area (Å²) in [5, 5.41) is 2.87. The summed E-state index contributed by atoms with van der Waals surface area (Å²) in [6.07, 6.45) is 0. The van der Waals surface area contributed by atoms with Crippen LogP contribution in [-0.2, 0) is 6.54 Å². The van der Waals surface area contributed by atoms with Crippen molar-refractivity contribution in [3.8, 4) is 0 Å². The standard InChI is InChI=1S/C20H18F2N4O/c1-13-23-18(20(27)26(2)12-14-6-4-3-5-7-14)11-19(24-13)25-15-8-9-16(21)17(22)10-15/h3-11H,12H2,1-2H3,(H,23,24,25). The summed E-state index contributed by atoms with van der Waals surface area (Å²) in [4.78, 5) is 22.6. The lowest BCUT2D eigenvalue weighted by atomic mass is 10.2. The number of rotatable bonds is 5. The van der Waals surface area contributed by atoms with Crippen LogP contribution in [0, 0.1) is 18.6 Å². The number of nitrogens with zero attached hydrogens (tertiary/aromatic N) is 3. The Morgan fingerprint density at radius 2 is 1.78 bits per heavy atom. The van der Waals surface area contributed by atoms with Gasteiger partial charge in [0.05, 0.1) is 0 Å². The molecule has 0 radical (unpaired) electrons. The summed E-state index contributed by atoms with van der Waals surface area (Å²) in [5.74, 6) is -1.45. The summed E-state index contributed by atoms with van der Waals surface area (Å²) in [6.45, 7) is 2.10. The van der Waals surface area contributed by atoms with Crippen molar-refractivity contribution in [2.24, 2.45) is 0 Å². The number of carbonyl (C=O) groups is 1. The number of nitrogens with one attached hydrogen (secondary N) is 1. The molecule has 0 saturated carbocycles. The number of anilines is 2. The Balaban J connectivity index is 1.79. The van der Waals surface area contributed by atoms with Crippen LogP contribution >= 0.6 is 0 Å². The fraction of sp³-hybridized carbons (Fsp3) is 0.150. The fourth-order valence-electron chi connectivity index (χ4n) is 2.59. The SMILES string of the molecule is Cc1nc(Nc2ccc(F)c(F)c2)cc(C(=O)N(C)Cc2ccccc2)n1. The van der Waals surface area contributed by atoms with Crippen LogP contribution in [0.4, 0.5) is 20.3 Å². The van der Waals surface area contributed by atoms with Gasteiger partial charge >= 0.3 is 0 Å². The van der Waals surface area contributed by atoms with Gasteiger partial charge in [-0.25, -0.2) is 18.7 Å². The van der Waals surface area contributed by atoms with Crippen molar-refractivity contribution >= 4 is 17.4 Å². The van der Waals surface area contributed by atoms with E-state index in [4.69, 9.17) is 0 Å². The smallest absolute Gasteiger partial charge is 0.272 e. The molecule has 0 unspecified atom stereocenters. The van der Waals surface area contributed by atoms with Gasteiger partial charge in [-0.1, -0.05) is 30.3 Å². The zero-order chi connectivity index (χ0) is 19.4. The maximum absolute atomic E-state index is 13.4. The van der Waals surface area contributed by atoms with Gasteiger partial charge in [0.15, 0.2) is 11.6 Å². The van der Waals surface area contributed by atoms with Gasteiger partial charge in [0, 0.05) is 31.4 Å². The highest BCUT2D eigenvalue weighted by atomic mass is 19.2. The number of aryl methyl sites for hydroxylation is 1. The van der Waals surface area contributed by atoms with E-state index in [-0.39, 0.29) is 11.6 Å². The van der Waals surface area contributed by atoms with Crippen molar-refractivity contribution in [3.05, 3.63) is 83.3 Å². The molecular weight excluding hydrogens is 350 g/mol. The monoisotopic (exact) mass is 368 g/mol. The Morgan fingerprint density at radius 1 is 1.04 bits per heavy atom. The highest BCUT2D eigenvalue weighted by molar-refractivity contribution is 5.93. The molecule has 1 amide bonds. The summed E-state index contributed by atoms with van der Waals surface area (Å²) < 4.78 is 26.4. The number of amides is 1. The zero-order valence-corrected chi connectivity index (χ0v) is 14.9. The Kier molecular flexibility index (Phi) is 5.40. The molecule has 0 fully saturated rings. The first-order valence-electron chi connectivity index (χ1n) is 8.29. The molecule has 3 aromatic rings. The minimum absolute atomic E-state index is 0.214. The molecule has 3 rings (SSSR count). The Labute approximate surface area is 155 Å². The number of carbonyl (C=O) groups excluding carboxylic acids is 1. The molecule has 5 nitrogen and oxygen atoms in total. The summed E-state index contributed by atoms with van der Waals surface area (Å²) in [7, 11) is 1.69. The molecule has 1 aromatic heterocycles. The topological polar surface area (TPSA) is 58.1 Å². The number of halogens is 2. The fourth-order valence-corrected chi connectivity index (χ4v) is 2.59. The molecule has 1 N–H and O–H groups in total. The summed E-state index contributed by atoms with van der Waals surface area (Å²) in [5.41, 5.74) is 1.54. The third-order valence-electron chi connectivity index (χ3n) is 3.86. The molecule has 0 atom stereocenters.